The molecule has 0 amide bonds. The average Bonchev–Trinajstić information content (AvgIpc) is 2.90. The van der Waals surface area contributed by atoms with Crippen molar-refractivity contribution in [2.75, 3.05) is 7.11 Å². The fourth-order valence-electron chi connectivity index (χ4n) is 1.87. The van der Waals surface area contributed by atoms with Gasteiger partial charge in [-0.15, -0.1) is 0 Å². The van der Waals surface area contributed by atoms with Crippen molar-refractivity contribution >= 4 is 16.0 Å². The van der Waals surface area contributed by atoms with Gasteiger partial charge in [-0.2, -0.15) is 4.98 Å². The van der Waals surface area contributed by atoms with Crippen LogP contribution in [0.2, 0.25) is 0 Å². The Kier molecular flexibility index (Phi) is 4.96. The van der Waals surface area contributed by atoms with Crippen molar-refractivity contribution in [3.05, 3.63) is 35.5 Å². The average molecular weight is 341 g/mol. The van der Waals surface area contributed by atoms with Gasteiger partial charge in [-0.25, -0.2) is 13.1 Å². The van der Waals surface area contributed by atoms with E-state index in [0.29, 0.717) is 11.5 Å². The molecule has 0 atom stereocenters. The van der Waals surface area contributed by atoms with E-state index in [0.717, 1.165) is 0 Å². The molecule has 0 unspecified atom stereocenters. The van der Waals surface area contributed by atoms with Gasteiger partial charge in [0.1, 0.15) is 10.6 Å². The number of aromatic nitrogens is 2. The van der Waals surface area contributed by atoms with Crippen LogP contribution in [-0.2, 0) is 27.8 Å². The van der Waals surface area contributed by atoms with E-state index in [1.807, 2.05) is 0 Å². The first kappa shape index (κ1) is 16.9. The summed E-state index contributed by atoms with van der Waals surface area (Å²) in [6.45, 7) is 1.43. The SMILES string of the molecule is COc1ccc(CC(=O)O)cc1S(=O)(=O)NCc1noc(C)n1. The number of ether oxygens (including phenoxy) is 1. The van der Waals surface area contributed by atoms with Gasteiger partial charge in [-0.05, 0) is 17.7 Å². The van der Waals surface area contributed by atoms with Gasteiger partial charge >= 0.3 is 5.97 Å². The van der Waals surface area contributed by atoms with Crippen molar-refractivity contribution in [1.82, 2.24) is 14.9 Å². The lowest BCUT2D eigenvalue weighted by Gasteiger charge is -2.11. The lowest BCUT2D eigenvalue weighted by molar-refractivity contribution is -0.136. The number of benzene rings is 1. The summed E-state index contributed by atoms with van der Waals surface area (Å²) in [4.78, 5) is 14.5. The van der Waals surface area contributed by atoms with Crippen molar-refractivity contribution < 1.29 is 27.6 Å². The van der Waals surface area contributed by atoms with Crippen LogP contribution in [-0.4, -0.2) is 36.7 Å². The standard InChI is InChI=1S/C13H15N3O6S/c1-8-15-12(16-22-8)7-14-23(19,20)11-5-9(6-13(17)18)3-4-10(11)21-2/h3-5,14H,6-7H2,1-2H3,(H,17,18). The van der Waals surface area contributed by atoms with Gasteiger partial charge in [-0.1, -0.05) is 11.2 Å². The molecule has 9 nitrogen and oxygen atoms in total. The summed E-state index contributed by atoms with van der Waals surface area (Å²) in [6.07, 6.45) is -0.295. The molecule has 0 aliphatic carbocycles. The zero-order valence-electron chi connectivity index (χ0n) is 12.4. The largest absolute Gasteiger partial charge is 0.495 e. The number of methoxy groups -OCH3 is 1. The number of carbonyl (C=O) groups is 1. The van der Waals surface area contributed by atoms with E-state index in [2.05, 4.69) is 14.9 Å². The number of rotatable bonds is 7. The summed E-state index contributed by atoms with van der Waals surface area (Å²) < 4.78 is 36.9. The van der Waals surface area contributed by atoms with E-state index in [-0.39, 0.29) is 29.4 Å². The highest BCUT2D eigenvalue weighted by molar-refractivity contribution is 7.89. The molecule has 0 spiro atoms. The maximum absolute atomic E-state index is 12.4. The van der Waals surface area contributed by atoms with E-state index in [9.17, 15) is 13.2 Å². The maximum Gasteiger partial charge on any atom is 0.307 e. The Balaban J connectivity index is 2.27. The van der Waals surface area contributed by atoms with E-state index >= 15 is 0 Å². The topological polar surface area (TPSA) is 132 Å². The normalized spacial score (nSPS) is 11.4. The number of carboxylic acids is 1. The highest BCUT2D eigenvalue weighted by Gasteiger charge is 2.21. The van der Waals surface area contributed by atoms with E-state index < -0.39 is 16.0 Å². The molecule has 0 radical (unpaired) electrons. The molecule has 2 rings (SSSR count). The number of hydrogen-bond acceptors (Lipinski definition) is 7. The Hall–Kier alpha value is -2.46. The second-order valence-corrected chi connectivity index (χ2v) is 6.35. The van der Waals surface area contributed by atoms with E-state index in [1.54, 1.807) is 6.92 Å². The van der Waals surface area contributed by atoms with Crippen molar-refractivity contribution in [2.45, 2.75) is 24.8 Å². The minimum absolute atomic E-state index is 0.107. The van der Waals surface area contributed by atoms with Gasteiger partial charge in [0.05, 0.1) is 20.1 Å². The van der Waals surface area contributed by atoms with Crippen LogP contribution in [0.5, 0.6) is 5.75 Å². The van der Waals surface area contributed by atoms with Crippen LogP contribution in [0.4, 0.5) is 0 Å². The van der Waals surface area contributed by atoms with Gasteiger partial charge in [-0.3, -0.25) is 4.79 Å². The number of nitrogens with one attached hydrogen (secondary N) is 1. The fraction of sp³-hybridized carbons (Fsp3) is 0.308. The smallest absolute Gasteiger partial charge is 0.307 e. The lowest BCUT2D eigenvalue weighted by Crippen LogP contribution is -2.24. The van der Waals surface area contributed by atoms with Crippen molar-refractivity contribution in [3.8, 4) is 5.75 Å². The number of nitrogens with zero attached hydrogens (tertiary/aromatic N) is 2. The van der Waals surface area contributed by atoms with Crippen LogP contribution in [0.3, 0.4) is 0 Å². The second-order valence-electron chi connectivity index (χ2n) is 4.61. The summed E-state index contributed by atoms with van der Waals surface area (Å²) in [5, 5.41) is 12.4. The number of carboxylic acid groups (broad SMARTS) is 1. The minimum Gasteiger partial charge on any atom is -0.495 e. The third-order valence-corrected chi connectivity index (χ3v) is 4.29. The van der Waals surface area contributed by atoms with Gasteiger partial charge in [0.2, 0.25) is 15.9 Å². The van der Waals surface area contributed by atoms with Crippen molar-refractivity contribution in [3.63, 3.8) is 0 Å². The predicted molar refractivity (Wildman–Crippen MR) is 77.4 cm³/mol. The number of aliphatic carboxylic acids is 1. The Morgan fingerprint density at radius 1 is 1.43 bits per heavy atom. The molecule has 0 bridgehead atoms. The summed E-state index contributed by atoms with van der Waals surface area (Å²) in [5.74, 6) is -0.448. The quantitative estimate of drug-likeness (QED) is 0.744. The number of hydrogen-bond donors (Lipinski definition) is 2. The Morgan fingerprint density at radius 2 is 2.17 bits per heavy atom. The summed E-state index contributed by atoms with van der Waals surface area (Å²) >= 11 is 0. The molecule has 23 heavy (non-hydrogen) atoms. The third-order valence-electron chi connectivity index (χ3n) is 2.86. The molecule has 0 aliphatic heterocycles. The molecule has 0 saturated heterocycles. The molecule has 1 aromatic carbocycles. The molecule has 1 heterocycles. The Bertz CT molecular complexity index is 815. The van der Waals surface area contributed by atoms with Gasteiger partial charge in [0, 0.05) is 6.92 Å². The van der Waals surface area contributed by atoms with Gasteiger partial charge in [0.25, 0.3) is 0 Å². The van der Waals surface area contributed by atoms with Crippen molar-refractivity contribution in [2.24, 2.45) is 0 Å². The third kappa shape index (κ3) is 4.27. The van der Waals surface area contributed by atoms with E-state index in [1.165, 1.54) is 25.3 Å². The lowest BCUT2D eigenvalue weighted by atomic mass is 10.1. The highest BCUT2D eigenvalue weighted by Crippen LogP contribution is 2.25. The van der Waals surface area contributed by atoms with Crippen LogP contribution >= 0.6 is 0 Å². The molecule has 10 heteroatoms. The Morgan fingerprint density at radius 3 is 2.74 bits per heavy atom. The molecule has 2 aromatic rings. The predicted octanol–water partition coefficient (Wildman–Crippen LogP) is 0.492. The van der Waals surface area contributed by atoms with Crippen LogP contribution in [0.15, 0.2) is 27.6 Å². The van der Waals surface area contributed by atoms with Crippen LogP contribution < -0.4 is 9.46 Å². The molecular weight excluding hydrogens is 326 g/mol. The van der Waals surface area contributed by atoms with E-state index in [4.69, 9.17) is 14.4 Å². The highest BCUT2D eigenvalue weighted by atomic mass is 32.2. The number of sulfonamides is 1. The fourth-order valence-corrected chi connectivity index (χ4v) is 3.06. The van der Waals surface area contributed by atoms with Crippen LogP contribution in [0.25, 0.3) is 0 Å². The summed E-state index contributed by atoms with van der Waals surface area (Å²) in [7, 11) is -2.61. The van der Waals surface area contributed by atoms with Crippen molar-refractivity contribution in [1.29, 1.82) is 0 Å². The molecular formula is C13H15N3O6S. The van der Waals surface area contributed by atoms with Crippen LogP contribution in [0, 0.1) is 6.92 Å². The molecule has 124 valence electrons. The Labute approximate surface area is 132 Å². The first-order valence-electron chi connectivity index (χ1n) is 6.49. The second kappa shape index (κ2) is 6.75. The molecule has 2 N–H and O–H groups in total. The molecule has 0 aliphatic rings. The molecule has 1 aromatic heterocycles. The first-order valence-corrected chi connectivity index (χ1v) is 7.97. The summed E-state index contributed by atoms with van der Waals surface area (Å²) in [6, 6.07) is 4.16. The minimum atomic E-state index is -3.94. The zero-order valence-corrected chi connectivity index (χ0v) is 13.3. The van der Waals surface area contributed by atoms with Gasteiger partial charge < -0.3 is 14.4 Å². The molecule has 0 saturated carbocycles. The monoisotopic (exact) mass is 341 g/mol. The summed E-state index contributed by atoms with van der Waals surface area (Å²) in [5.41, 5.74) is 0.342. The first-order chi connectivity index (χ1) is 10.8. The zero-order chi connectivity index (χ0) is 17.0. The number of aryl methyl sites for hydroxylation is 1. The molecule has 0 fully saturated rings. The maximum atomic E-state index is 12.4. The van der Waals surface area contributed by atoms with Crippen LogP contribution in [0.1, 0.15) is 17.3 Å². The van der Waals surface area contributed by atoms with Gasteiger partial charge in [0.15, 0.2) is 5.82 Å².